The van der Waals surface area contributed by atoms with E-state index in [-0.39, 0.29) is 0 Å². The topological polar surface area (TPSA) is 9.23 Å². The molecule has 1 heterocycles. The molecule has 0 bridgehead atoms. The molecule has 2 aliphatic carbocycles. The molecule has 86 valence electrons. The lowest BCUT2D eigenvalue weighted by Gasteiger charge is -2.27. The summed E-state index contributed by atoms with van der Waals surface area (Å²) in [5.74, 6) is 0. The van der Waals surface area contributed by atoms with E-state index < -0.39 is 0 Å². The first-order valence-corrected chi connectivity index (χ1v) is 6.61. The molecule has 0 aromatic heterocycles. The number of fused-ring (bicyclic) bond motifs is 3. The zero-order chi connectivity index (χ0) is 10.9. The summed E-state index contributed by atoms with van der Waals surface area (Å²) in [5, 5.41) is 0. The first-order chi connectivity index (χ1) is 6.96. The maximum atomic E-state index is 6.22. The van der Waals surface area contributed by atoms with E-state index in [9.17, 15) is 0 Å². The standard InChI is InChI=1S/C14H24O/c1-5-6-14-8-12(3)7-10(2)15-11(12)13(14,4)9-14/h10-11H,5-9H2,1-4H3/t10-,11-,12-,13+,14+/m0/s1. The minimum Gasteiger partial charge on any atom is -0.374 e. The minimum absolute atomic E-state index is 0.497. The zero-order valence-electron chi connectivity index (χ0n) is 10.6. The van der Waals surface area contributed by atoms with Gasteiger partial charge in [0.2, 0.25) is 0 Å². The zero-order valence-corrected chi connectivity index (χ0v) is 10.6. The number of rotatable bonds is 2. The van der Waals surface area contributed by atoms with Gasteiger partial charge < -0.3 is 4.74 Å². The summed E-state index contributed by atoms with van der Waals surface area (Å²) in [6.45, 7) is 9.52. The van der Waals surface area contributed by atoms with E-state index in [0.29, 0.717) is 28.5 Å². The van der Waals surface area contributed by atoms with Gasteiger partial charge >= 0.3 is 0 Å². The molecule has 0 amide bonds. The minimum atomic E-state index is 0.497. The van der Waals surface area contributed by atoms with E-state index in [1.807, 2.05) is 0 Å². The molecule has 0 aromatic carbocycles. The highest BCUT2D eigenvalue weighted by Gasteiger charge is 2.78. The molecule has 1 heteroatoms. The average Bonchev–Trinajstić information content (AvgIpc) is 2.42. The summed E-state index contributed by atoms with van der Waals surface area (Å²) in [4.78, 5) is 0. The Balaban J connectivity index is 1.89. The largest absolute Gasteiger partial charge is 0.374 e. The van der Waals surface area contributed by atoms with Crippen LogP contribution in [0.15, 0.2) is 0 Å². The Bertz CT molecular complexity index is 300. The average molecular weight is 208 g/mol. The van der Waals surface area contributed by atoms with Crippen LogP contribution in [0.4, 0.5) is 0 Å². The van der Waals surface area contributed by atoms with Gasteiger partial charge in [-0.1, -0.05) is 27.2 Å². The molecule has 0 spiro atoms. The van der Waals surface area contributed by atoms with E-state index in [1.165, 1.54) is 32.1 Å². The normalized spacial score (nSPS) is 61.6. The van der Waals surface area contributed by atoms with Gasteiger partial charge in [-0.3, -0.25) is 0 Å². The van der Waals surface area contributed by atoms with Crippen LogP contribution in [0.1, 0.15) is 59.8 Å². The van der Waals surface area contributed by atoms with Crippen LogP contribution in [0.3, 0.4) is 0 Å². The van der Waals surface area contributed by atoms with Crippen LogP contribution in [0, 0.1) is 16.2 Å². The number of hydrogen-bond donors (Lipinski definition) is 0. The van der Waals surface area contributed by atoms with Gasteiger partial charge in [0.25, 0.3) is 0 Å². The molecule has 3 aliphatic rings. The van der Waals surface area contributed by atoms with Gasteiger partial charge in [-0.05, 0) is 43.4 Å². The first kappa shape index (κ1) is 10.1. The van der Waals surface area contributed by atoms with Gasteiger partial charge in [0, 0.05) is 5.41 Å². The van der Waals surface area contributed by atoms with Gasteiger partial charge in [0.1, 0.15) is 0 Å². The van der Waals surface area contributed by atoms with Gasteiger partial charge in [-0.15, -0.1) is 0 Å². The van der Waals surface area contributed by atoms with Gasteiger partial charge in [0.05, 0.1) is 12.2 Å². The molecule has 0 unspecified atom stereocenters. The maximum Gasteiger partial charge on any atom is 0.0692 e. The Labute approximate surface area is 93.6 Å². The molecule has 5 atom stereocenters. The van der Waals surface area contributed by atoms with E-state index in [1.54, 1.807) is 0 Å². The molecular formula is C14H24O. The molecule has 3 fully saturated rings. The highest BCUT2D eigenvalue weighted by molar-refractivity contribution is 5.27. The second-order valence-electron chi connectivity index (χ2n) is 6.99. The monoisotopic (exact) mass is 208 g/mol. The Morgan fingerprint density at radius 3 is 2.60 bits per heavy atom. The lowest BCUT2D eigenvalue weighted by Crippen LogP contribution is -2.29. The molecule has 1 aliphatic heterocycles. The van der Waals surface area contributed by atoms with E-state index in [2.05, 4.69) is 27.7 Å². The van der Waals surface area contributed by atoms with Crippen molar-refractivity contribution in [1.29, 1.82) is 0 Å². The second kappa shape index (κ2) is 2.61. The summed E-state index contributed by atoms with van der Waals surface area (Å²) in [5.41, 5.74) is 1.70. The van der Waals surface area contributed by atoms with Crippen LogP contribution in [0.5, 0.6) is 0 Å². The van der Waals surface area contributed by atoms with Crippen LogP contribution in [-0.4, -0.2) is 12.2 Å². The fourth-order valence-corrected chi connectivity index (χ4v) is 5.30. The fraction of sp³-hybridized carbons (Fsp3) is 1.00. The van der Waals surface area contributed by atoms with Crippen molar-refractivity contribution < 1.29 is 4.74 Å². The van der Waals surface area contributed by atoms with Crippen LogP contribution in [-0.2, 0) is 4.74 Å². The Hall–Kier alpha value is -0.0400. The Morgan fingerprint density at radius 2 is 2.00 bits per heavy atom. The highest BCUT2D eigenvalue weighted by atomic mass is 16.5. The van der Waals surface area contributed by atoms with Crippen molar-refractivity contribution in [1.82, 2.24) is 0 Å². The molecule has 1 saturated heterocycles. The Morgan fingerprint density at radius 1 is 1.27 bits per heavy atom. The third kappa shape index (κ3) is 1.03. The molecule has 0 radical (unpaired) electrons. The van der Waals surface area contributed by atoms with Gasteiger partial charge in [-0.2, -0.15) is 0 Å². The fourth-order valence-electron chi connectivity index (χ4n) is 5.30. The summed E-state index contributed by atoms with van der Waals surface area (Å²) in [6.07, 6.45) is 7.98. The van der Waals surface area contributed by atoms with Crippen LogP contribution in [0.2, 0.25) is 0 Å². The summed E-state index contributed by atoms with van der Waals surface area (Å²) >= 11 is 0. The van der Waals surface area contributed by atoms with Crippen molar-refractivity contribution in [3.8, 4) is 0 Å². The first-order valence-electron chi connectivity index (χ1n) is 6.61. The van der Waals surface area contributed by atoms with Crippen molar-refractivity contribution in [3.63, 3.8) is 0 Å². The summed E-state index contributed by atoms with van der Waals surface area (Å²) in [7, 11) is 0. The van der Waals surface area contributed by atoms with Crippen molar-refractivity contribution in [2.75, 3.05) is 0 Å². The van der Waals surface area contributed by atoms with Crippen molar-refractivity contribution in [3.05, 3.63) is 0 Å². The van der Waals surface area contributed by atoms with E-state index >= 15 is 0 Å². The lowest BCUT2D eigenvalue weighted by molar-refractivity contribution is -0.00743. The molecule has 2 saturated carbocycles. The maximum absolute atomic E-state index is 6.22. The SMILES string of the molecule is CCC[C@]12C[C@]3(C)C[C@H](C)O[C@@H]3[C@@]1(C)C2. The number of ether oxygens (including phenoxy) is 1. The Kier molecular flexibility index (Phi) is 1.77. The molecule has 0 aromatic rings. The molecule has 0 N–H and O–H groups in total. The third-order valence-electron chi connectivity index (χ3n) is 5.60. The summed E-state index contributed by atoms with van der Waals surface area (Å²) < 4.78 is 6.22. The molecular weight excluding hydrogens is 184 g/mol. The van der Waals surface area contributed by atoms with Crippen LogP contribution < -0.4 is 0 Å². The van der Waals surface area contributed by atoms with Crippen molar-refractivity contribution >= 4 is 0 Å². The highest BCUT2D eigenvalue weighted by Crippen LogP contribution is 2.81. The van der Waals surface area contributed by atoms with Crippen LogP contribution in [0.25, 0.3) is 0 Å². The predicted octanol–water partition coefficient (Wildman–Crippen LogP) is 3.77. The molecule has 1 nitrogen and oxygen atoms in total. The van der Waals surface area contributed by atoms with Gasteiger partial charge in [-0.25, -0.2) is 0 Å². The van der Waals surface area contributed by atoms with E-state index in [4.69, 9.17) is 4.74 Å². The number of hydrogen-bond acceptors (Lipinski definition) is 1. The predicted molar refractivity (Wildman–Crippen MR) is 61.7 cm³/mol. The second-order valence-corrected chi connectivity index (χ2v) is 6.99. The summed E-state index contributed by atoms with van der Waals surface area (Å²) in [6, 6.07) is 0. The molecule has 15 heavy (non-hydrogen) atoms. The molecule has 3 rings (SSSR count). The lowest BCUT2D eigenvalue weighted by atomic mass is 9.77. The quantitative estimate of drug-likeness (QED) is 0.671. The van der Waals surface area contributed by atoms with Crippen molar-refractivity contribution in [2.24, 2.45) is 16.2 Å². The third-order valence-corrected chi connectivity index (χ3v) is 5.60. The van der Waals surface area contributed by atoms with E-state index in [0.717, 1.165) is 0 Å². The van der Waals surface area contributed by atoms with Crippen LogP contribution >= 0.6 is 0 Å². The smallest absolute Gasteiger partial charge is 0.0692 e. The van der Waals surface area contributed by atoms with Crippen molar-refractivity contribution in [2.45, 2.75) is 72.0 Å². The van der Waals surface area contributed by atoms with Gasteiger partial charge in [0.15, 0.2) is 0 Å².